The van der Waals surface area contributed by atoms with Gasteiger partial charge in [0.05, 0.1) is 23.6 Å². The Morgan fingerprint density at radius 1 is 1.24 bits per heavy atom. The number of H-pyrrole nitrogens is 1. The van der Waals surface area contributed by atoms with Crippen LogP contribution in [0.15, 0.2) is 58.2 Å². The number of benzene rings is 2. The first-order valence-electron chi connectivity index (χ1n) is 9.86. The highest BCUT2D eigenvalue weighted by molar-refractivity contribution is 8.00. The van der Waals surface area contributed by atoms with Crippen molar-refractivity contribution in [3.8, 4) is 0 Å². The zero-order chi connectivity index (χ0) is 20.4. The molecular weight excluding hydrogens is 384 g/mol. The van der Waals surface area contributed by atoms with Gasteiger partial charge in [-0.3, -0.25) is 9.59 Å². The molecule has 0 aliphatic carbocycles. The summed E-state index contributed by atoms with van der Waals surface area (Å²) in [7, 11) is 1.95. The summed E-state index contributed by atoms with van der Waals surface area (Å²) < 4.78 is 0. The van der Waals surface area contributed by atoms with Crippen molar-refractivity contribution < 1.29 is 9.69 Å². The number of anilines is 1. The number of hydrogen-bond donors (Lipinski definition) is 2. The number of fused-ring (bicyclic) bond motifs is 2. The first-order valence-corrected chi connectivity index (χ1v) is 10.7. The number of likely N-dealkylation sites (N-methyl/N-ethyl adjacent to an activating group) is 1. The summed E-state index contributed by atoms with van der Waals surface area (Å²) in [5, 5.41) is 1.06. The van der Waals surface area contributed by atoms with Crippen molar-refractivity contribution >= 4 is 34.3 Å². The van der Waals surface area contributed by atoms with E-state index in [1.54, 1.807) is 6.07 Å². The molecule has 1 aliphatic rings. The molecule has 0 bridgehead atoms. The van der Waals surface area contributed by atoms with E-state index in [1.165, 1.54) is 0 Å². The molecule has 4 rings (SSSR count). The van der Waals surface area contributed by atoms with Gasteiger partial charge in [0.15, 0.2) is 12.4 Å². The molecule has 2 aromatic carbocycles. The molecule has 0 fully saturated rings. The van der Waals surface area contributed by atoms with Crippen LogP contribution in [0, 0.1) is 0 Å². The summed E-state index contributed by atoms with van der Waals surface area (Å²) in [6.45, 7) is 3.74. The van der Waals surface area contributed by atoms with Crippen molar-refractivity contribution in [2.45, 2.75) is 30.0 Å². The van der Waals surface area contributed by atoms with Gasteiger partial charge in [0.1, 0.15) is 6.54 Å². The number of thioether (sulfide) groups is 1. The van der Waals surface area contributed by atoms with Gasteiger partial charge in [-0.2, -0.15) is 0 Å². The number of para-hydroxylation sites is 2. The van der Waals surface area contributed by atoms with Crippen molar-refractivity contribution in [2.24, 2.45) is 0 Å². The van der Waals surface area contributed by atoms with Crippen LogP contribution >= 0.6 is 11.8 Å². The van der Waals surface area contributed by atoms with Gasteiger partial charge in [0.2, 0.25) is 0 Å². The number of carbonyl (C=O) groups excluding carboxylic acids is 1. The Morgan fingerprint density at radius 3 is 2.86 bits per heavy atom. The van der Waals surface area contributed by atoms with Crippen LogP contribution in [0.5, 0.6) is 0 Å². The van der Waals surface area contributed by atoms with Gasteiger partial charge in [-0.25, -0.2) is 4.98 Å². The van der Waals surface area contributed by atoms with E-state index in [0.717, 1.165) is 28.4 Å². The van der Waals surface area contributed by atoms with E-state index >= 15 is 0 Å². The number of nitrogens with one attached hydrogen (secondary N) is 2. The number of aromatic amines is 1. The van der Waals surface area contributed by atoms with E-state index in [2.05, 4.69) is 23.0 Å². The van der Waals surface area contributed by atoms with E-state index in [1.807, 2.05) is 60.1 Å². The van der Waals surface area contributed by atoms with Crippen molar-refractivity contribution in [2.75, 3.05) is 25.0 Å². The predicted molar refractivity (Wildman–Crippen MR) is 117 cm³/mol. The maximum Gasteiger partial charge on any atom is 0.282 e. The monoisotopic (exact) mass is 409 g/mol. The van der Waals surface area contributed by atoms with Crippen molar-refractivity contribution in [3.63, 3.8) is 0 Å². The lowest BCUT2D eigenvalue weighted by atomic mass is 10.2. The van der Waals surface area contributed by atoms with Gasteiger partial charge >= 0.3 is 0 Å². The van der Waals surface area contributed by atoms with Gasteiger partial charge in [-0.05, 0) is 30.7 Å². The molecule has 1 aromatic heterocycles. The fourth-order valence-corrected chi connectivity index (χ4v) is 4.78. The second-order valence-electron chi connectivity index (χ2n) is 7.57. The molecule has 0 radical (unpaired) electrons. The van der Waals surface area contributed by atoms with Crippen LogP contribution in [-0.2, 0) is 11.3 Å². The topological polar surface area (TPSA) is 70.5 Å². The third kappa shape index (κ3) is 4.36. The third-order valence-corrected chi connectivity index (χ3v) is 6.37. The highest BCUT2D eigenvalue weighted by Crippen LogP contribution is 2.37. The van der Waals surface area contributed by atoms with Crippen LogP contribution in [0.3, 0.4) is 0 Å². The summed E-state index contributed by atoms with van der Waals surface area (Å²) in [4.78, 5) is 36.8. The number of rotatable bonds is 4. The molecule has 7 heteroatoms. The van der Waals surface area contributed by atoms with Gasteiger partial charge in [0, 0.05) is 16.7 Å². The van der Waals surface area contributed by atoms with E-state index in [0.29, 0.717) is 35.1 Å². The van der Waals surface area contributed by atoms with Crippen LogP contribution < -0.4 is 15.4 Å². The number of quaternary nitrogens is 1. The van der Waals surface area contributed by atoms with Crippen LogP contribution in [0.25, 0.3) is 10.9 Å². The SMILES string of the molecule is C[C@H]1CCN(C(=O)C[NH+](C)Cc2nc3ccccc3c(=O)[nH]2)c2ccccc2S1. The lowest BCUT2D eigenvalue weighted by Gasteiger charge is -2.24. The Hall–Kier alpha value is -2.64. The number of hydrogen-bond acceptors (Lipinski definition) is 4. The highest BCUT2D eigenvalue weighted by Gasteiger charge is 2.26. The quantitative estimate of drug-likeness (QED) is 0.690. The predicted octanol–water partition coefficient (Wildman–Crippen LogP) is 1.86. The minimum atomic E-state index is -0.141. The van der Waals surface area contributed by atoms with Crippen molar-refractivity contribution in [3.05, 3.63) is 64.7 Å². The second kappa shape index (κ2) is 8.39. The summed E-state index contributed by atoms with van der Waals surface area (Å²) in [6.07, 6.45) is 0.962. The molecule has 3 aromatic rings. The fraction of sp³-hybridized carbons (Fsp3) is 0.318. The molecular formula is C22H25N4O2S+. The Bertz CT molecular complexity index is 1100. The minimum absolute atomic E-state index is 0.0905. The van der Waals surface area contributed by atoms with Crippen molar-refractivity contribution in [1.82, 2.24) is 9.97 Å². The molecule has 2 heterocycles. The zero-order valence-corrected chi connectivity index (χ0v) is 17.5. The molecule has 0 spiro atoms. The summed E-state index contributed by atoms with van der Waals surface area (Å²) in [5.41, 5.74) is 1.53. The largest absolute Gasteiger partial charge is 0.323 e. The molecule has 0 saturated heterocycles. The number of amides is 1. The number of nitrogens with zero attached hydrogens (tertiary/aromatic N) is 2. The first-order chi connectivity index (χ1) is 14.0. The second-order valence-corrected chi connectivity index (χ2v) is 9.05. The molecule has 2 N–H and O–H groups in total. The number of aromatic nitrogens is 2. The van der Waals surface area contributed by atoms with Crippen LogP contribution in [0.1, 0.15) is 19.2 Å². The molecule has 0 saturated carbocycles. The Kier molecular flexibility index (Phi) is 5.69. The smallest absolute Gasteiger partial charge is 0.282 e. The molecule has 1 amide bonds. The molecule has 29 heavy (non-hydrogen) atoms. The fourth-order valence-electron chi connectivity index (χ4n) is 3.67. The molecule has 1 unspecified atom stereocenters. The zero-order valence-electron chi connectivity index (χ0n) is 16.6. The van der Waals surface area contributed by atoms with E-state index in [4.69, 9.17) is 0 Å². The first kappa shape index (κ1) is 19.7. The van der Waals surface area contributed by atoms with Gasteiger partial charge in [0.25, 0.3) is 11.5 Å². The van der Waals surface area contributed by atoms with Crippen LogP contribution in [0.2, 0.25) is 0 Å². The molecule has 2 atom stereocenters. The Labute approximate surface area is 173 Å². The standard InChI is InChI=1S/C22H24N4O2S/c1-15-11-12-26(18-9-5-6-10-19(18)29-15)21(27)14-25(2)13-20-23-17-8-4-3-7-16(17)22(28)24-20/h3-10,15H,11-14H2,1-2H3,(H,23,24,28)/p+1/t15-/m0/s1. The normalized spacial score (nSPS) is 17.6. The third-order valence-electron chi connectivity index (χ3n) is 5.13. The van der Waals surface area contributed by atoms with Gasteiger partial charge in [-0.15, -0.1) is 11.8 Å². The average Bonchev–Trinajstić information content (AvgIpc) is 2.86. The van der Waals surface area contributed by atoms with E-state index in [9.17, 15) is 9.59 Å². The molecule has 150 valence electrons. The minimum Gasteiger partial charge on any atom is -0.323 e. The Morgan fingerprint density at radius 2 is 2.00 bits per heavy atom. The van der Waals surface area contributed by atoms with E-state index < -0.39 is 0 Å². The highest BCUT2D eigenvalue weighted by atomic mass is 32.2. The van der Waals surface area contributed by atoms with Crippen molar-refractivity contribution in [1.29, 1.82) is 0 Å². The average molecular weight is 410 g/mol. The summed E-state index contributed by atoms with van der Waals surface area (Å²) in [5.74, 6) is 0.687. The molecule has 1 aliphatic heterocycles. The van der Waals surface area contributed by atoms with Crippen LogP contribution in [-0.4, -0.2) is 41.3 Å². The maximum atomic E-state index is 13.1. The maximum absolute atomic E-state index is 13.1. The lowest BCUT2D eigenvalue weighted by Crippen LogP contribution is -3.09. The summed E-state index contributed by atoms with van der Waals surface area (Å²) >= 11 is 1.83. The number of carbonyl (C=O) groups is 1. The molecule has 6 nitrogen and oxygen atoms in total. The lowest BCUT2D eigenvalue weighted by molar-refractivity contribution is -0.886. The van der Waals surface area contributed by atoms with Crippen LogP contribution in [0.4, 0.5) is 5.69 Å². The summed E-state index contributed by atoms with van der Waals surface area (Å²) in [6, 6.07) is 15.4. The van der Waals surface area contributed by atoms with Gasteiger partial charge < -0.3 is 14.8 Å². The van der Waals surface area contributed by atoms with Gasteiger partial charge in [-0.1, -0.05) is 31.2 Å². The van der Waals surface area contributed by atoms with E-state index in [-0.39, 0.29) is 11.5 Å². The Balaban J connectivity index is 1.49.